The van der Waals surface area contributed by atoms with Crippen molar-refractivity contribution >= 4 is 10.0 Å². The molecule has 0 aliphatic carbocycles. The molecule has 90 valence electrons. The van der Waals surface area contributed by atoms with Crippen molar-refractivity contribution in [1.82, 2.24) is 19.4 Å². The Morgan fingerprint density at radius 2 is 2.31 bits per heavy atom. The summed E-state index contributed by atoms with van der Waals surface area (Å²) in [6.07, 6.45) is 2.92. The average Bonchev–Trinajstić information content (AvgIpc) is 2.66. The molecule has 1 aromatic rings. The largest absolute Gasteiger partial charge is 0.314 e. The molecule has 1 aliphatic heterocycles. The second kappa shape index (κ2) is 4.15. The van der Waals surface area contributed by atoms with Gasteiger partial charge in [-0.3, -0.25) is 4.68 Å². The lowest BCUT2D eigenvalue weighted by molar-refractivity contribution is 0.284. The van der Waals surface area contributed by atoms with Gasteiger partial charge in [-0.05, 0) is 6.92 Å². The van der Waals surface area contributed by atoms with Crippen molar-refractivity contribution < 1.29 is 8.42 Å². The van der Waals surface area contributed by atoms with Crippen molar-refractivity contribution in [3.05, 3.63) is 12.4 Å². The molecule has 6 nitrogen and oxygen atoms in total. The summed E-state index contributed by atoms with van der Waals surface area (Å²) in [6.45, 7) is 3.81. The minimum absolute atomic E-state index is 0.0149. The van der Waals surface area contributed by atoms with Gasteiger partial charge in [-0.1, -0.05) is 0 Å². The molecule has 1 aromatic heterocycles. The summed E-state index contributed by atoms with van der Waals surface area (Å²) in [5, 5.41) is 7.06. The SMILES string of the molecule is C[C@H]1CNCCN1S(=O)(=O)c1cnn(C)c1. The van der Waals surface area contributed by atoms with E-state index in [0.29, 0.717) is 19.6 Å². The number of aromatic nitrogens is 2. The third-order valence-electron chi connectivity index (χ3n) is 2.73. The first-order valence-electron chi connectivity index (χ1n) is 5.23. The molecule has 0 amide bonds. The average molecular weight is 244 g/mol. The maximum Gasteiger partial charge on any atom is 0.246 e. The molecule has 1 fully saturated rings. The van der Waals surface area contributed by atoms with Crippen LogP contribution >= 0.6 is 0 Å². The zero-order valence-corrected chi connectivity index (χ0v) is 10.2. The summed E-state index contributed by atoms with van der Waals surface area (Å²) < 4.78 is 27.5. The number of nitrogens with zero attached hydrogens (tertiary/aromatic N) is 3. The van der Waals surface area contributed by atoms with E-state index < -0.39 is 10.0 Å². The van der Waals surface area contributed by atoms with Crippen molar-refractivity contribution in [3.8, 4) is 0 Å². The molecule has 0 saturated carbocycles. The fourth-order valence-electron chi connectivity index (χ4n) is 1.85. The highest BCUT2D eigenvalue weighted by molar-refractivity contribution is 7.89. The normalized spacial score (nSPS) is 23.5. The minimum atomic E-state index is -3.38. The van der Waals surface area contributed by atoms with Gasteiger partial charge in [-0.2, -0.15) is 9.40 Å². The Morgan fingerprint density at radius 3 is 2.88 bits per heavy atom. The van der Waals surface area contributed by atoms with Gasteiger partial charge in [0.25, 0.3) is 0 Å². The van der Waals surface area contributed by atoms with E-state index >= 15 is 0 Å². The Hall–Kier alpha value is -0.920. The highest BCUT2D eigenvalue weighted by Gasteiger charge is 2.31. The fraction of sp³-hybridized carbons (Fsp3) is 0.667. The standard InChI is InChI=1S/C9H16N4O2S/c1-8-5-10-3-4-13(8)16(14,15)9-6-11-12(2)7-9/h6-8,10H,3-5H2,1-2H3/t8-/m0/s1. The maximum atomic E-state index is 12.3. The van der Waals surface area contributed by atoms with Crippen LogP contribution in [0.15, 0.2) is 17.3 Å². The van der Waals surface area contributed by atoms with Crippen molar-refractivity contribution in [2.24, 2.45) is 7.05 Å². The molecule has 1 aliphatic rings. The summed E-state index contributed by atoms with van der Waals surface area (Å²) in [6, 6.07) is -0.0149. The Labute approximate surface area is 95.3 Å². The van der Waals surface area contributed by atoms with Crippen molar-refractivity contribution in [2.75, 3.05) is 19.6 Å². The van der Waals surface area contributed by atoms with Gasteiger partial charge in [0.05, 0.1) is 6.20 Å². The smallest absolute Gasteiger partial charge is 0.246 e. The number of piperazine rings is 1. The Morgan fingerprint density at radius 1 is 1.56 bits per heavy atom. The van der Waals surface area contributed by atoms with Gasteiger partial charge in [0.15, 0.2) is 0 Å². The zero-order valence-electron chi connectivity index (χ0n) is 9.42. The number of rotatable bonds is 2. The van der Waals surface area contributed by atoms with E-state index in [1.165, 1.54) is 21.4 Å². The fourth-order valence-corrected chi connectivity index (χ4v) is 3.46. The molecule has 7 heteroatoms. The second-order valence-electron chi connectivity index (χ2n) is 4.02. The highest BCUT2D eigenvalue weighted by Crippen LogP contribution is 2.18. The molecule has 0 unspecified atom stereocenters. The first kappa shape index (κ1) is 11.6. The zero-order chi connectivity index (χ0) is 11.8. The molecule has 1 saturated heterocycles. The number of hydrogen-bond acceptors (Lipinski definition) is 4. The van der Waals surface area contributed by atoms with Gasteiger partial charge in [0.1, 0.15) is 4.90 Å². The Kier molecular flexibility index (Phi) is 3.00. The molecule has 0 aromatic carbocycles. The van der Waals surface area contributed by atoms with Crippen LogP contribution in [0, 0.1) is 0 Å². The molecule has 1 atom stereocenters. The van der Waals surface area contributed by atoms with Gasteiger partial charge in [-0.25, -0.2) is 8.42 Å². The number of nitrogens with one attached hydrogen (secondary N) is 1. The summed E-state index contributed by atoms with van der Waals surface area (Å²) in [4.78, 5) is 0.267. The summed E-state index contributed by atoms with van der Waals surface area (Å²) in [5.41, 5.74) is 0. The third-order valence-corrected chi connectivity index (χ3v) is 4.69. The van der Waals surface area contributed by atoms with Crippen LogP contribution in [0.3, 0.4) is 0 Å². The molecule has 16 heavy (non-hydrogen) atoms. The van der Waals surface area contributed by atoms with Crippen LogP contribution in [0.2, 0.25) is 0 Å². The van der Waals surface area contributed by atoms with E-state index in [1.54, 1.807) is 7.05 Å². The lowest BCUT2D eigenvalue weighted by Crippen LogP contribution is -2.52. The predicted molar refractivity (Wildman–Crippen MR) is 59.4 cm³/mol. The number of sulfonamides is 1. The summed E-state index contributed by atoms with van der Waals surface area (Å²) >= 11 is 0. The number of aryl methyl sites for hydroxylation is 1. The molecule has 1 N–H and O–H groups in total. The van der Waals surface area contributed by atoms with Gasteiger partial charge in [0, 0.05) is 38.9 Å². The van der Waals surface area contributed by atoms with Gasteiger partial charge in [-0.15, -0.1) is 0 Å². The van der Waals surface area contributed by atoms with Crippen LogP contribution in [0.1, 0.15) is 6.92 Å². The van der Waals surface area contributed by atoms with Crippen molar-refractivity contribution in [2.45, 2.75) is 17.9 Å². The monoisotopic (exact) mass is 244 g/mol. The quantitative estimate of drug-likeness (QED) is 0.754. The topological polar surface area (TPSA) is 67.2 Å². The van der Waals surface area contributed by atoms with Crippen LogP contribution in [-0.4, -0.2) is 48.2 Å². The highest BCUT2D eigenvalue weighted by atomic mass is 32.2. The molecule has 0 radical (unpaired) electrons. The van der Waals surface area contributed by atoms with Crippen LogP contribution in [0.25, 0.3) is 0 Å². The molecule has 0 spiro atoms. The Bertz CT molecular complexity index is 468. The minimum Gasteiger partial charge on any atom is -0.314 e. The van der Waals surface area contributed by atoms with Crippen molar-refractivity contribution in [3.63, 3.8) is 0 Å². The molecule has 2 heterocycles. The van der Waals surface area contributed by atoms with Crippen LogP contribution in [-0.2, 0) is 17.1 Å². The van der Waals surface area contributed by atoms with Crippen LogP contribution < -0.4 is 5.32 Å². The van der Waals surface area contributed by atoms with E-state index in [1.807, 2.05) is 6.92 Å². The van der Waals surface area contributed by atoms with E-state index in [0.717, 1.165) is 0 Å². The predicted octanol–water partition coefficient (Wildman–Crippen LogP) is -0.597. The molecule has 0 bridgehead atoms. The number of hydrogen-bond donors (Lipinski definition) is 1. The van der Waals surface area contributed by atoms with E-state index in [9.17, 15) is 8.42 Å². The molecular weight excluding hydrogens is 228 g/mol. The van der Waals surface area contributed by atoms with Crippen molar-refractivity contribution in [1.29, 1.82) is 0 Å². The van der Waals surface area contributed by atoms with Crippen LogP contribution in [0.4, 0.5) is 0 Å². The summed E-state index contributed by atoms with van der Waals surface area (Å²) in [5.74, 6) is 0. The lowest BCUT2D eigenvalue weighted by atomic mass is 10.3. The van der Waals surface area contributed by atoms with Gasteiger partial charge in [0.2, 0.25) is 10.0 Å². The second-order valence-corrected chi connectivity index (χ2v) is 5.91. The van der Waals surface area contributed by atoms with E-state index in [4.69, 9.17) is 0 Å². The maximum absolute atomic E-state index is 12.3. The molecular formula is C9H16N4O2S. The van der Waals surface area contributed by atoms with Gasteiger partial charge < -0.3 is 5.32 Å². The van der Waals surface area contributed by atoms with E-state index in [-0.39, 0.29) is 10.9 Å². The lowest BCUT2D eigenvalue weighted by Gasteiger charge is -2.32. The third kappa shape index (κ3) is 1.98. The first-order valence-corrected chi connectivity index (χ1v) is 6.67. The van der Waals surface area contributed by atoms with Gasteiger partial charge >= 0.3 is 0 Å². The first-order chi connectivity index (χ1) is 7.51. The van der Waals surface area contributed by atoms with E-state index in [2.05, 4.69) is 10.4 Å². The Balaban J connectivity index is 2.31. The summed E-state index contributed by atoms with van der Waals surface area (Å²) in [7, 11) is -1.67. The van der Waals surface area contributed by atoms with Crippen LogP contribution in [0.5, 0.6) is 0 Å². The molecule has 2 rings (SSSR count).